The molecular weight excluding hydrogens is 525 g/mol. The predicted molar refractivity (Wildman–Crippen MR) is 130 cm³/mol. The van der Waals surface area contributed by atoms with Crippen molar-refractivity contribution >= 4 is 50.9 Å². The number of carbonyl (C=O) groups excluding carboxylic acids is 3. The Kier molecular flexibility index (Phi) is 7.14. The average molecular weight is 542 g/mol. The van der Waals surface area contributed by atoms with Crippen molar-refractivity contribution in [2.45, 2.75) is 6.54 Å². The second kappa shape index (κ2) is 10.2. The molecule has 1 saturated heterocycles. The van der Waals surface area contributed by atoms with E-state index in [0.717, 1.165) is 16.7 Å². The van der Waals surface area contributed by atoms with Gasteiger partial charge in [-0.1, -0.05) is 30.3 Å². The van der Waals surface area contributed by atoms with E-state index in [1.54, 1.807) is 48.5 Å². The Balaban J connectivity index is 1.52. The van der Waals surface area contributed by atoms with E-state index in [1.165, 1.54) is 31.4 Å². The molecule has 172 valence electrons. The minimum Gasteiger partial charge on any atom is -0.493 e. The van der Waals surface area contributed by atoms with Crippen LogP contribution >= 0.6 is 27.7 Å². The lowest BCUT2D eigenvalue weighted by molar-refractivity contribution is -0.123. The summed E-state index contributed by atoms with van der Waals surface area (Å²) in [6.45, 7) is 0.0511. The molecule has 0 saturated carbocycles. The lowest BCUT2D eigenvalue weighted by Crippen LogP contribution is -2.27. The maximum absolute atomic E-state index is 13.1. The third kappa shape index (κ3) is 5.21. The van der Waals surface area contributed by atoms with Crippen LogP contribution < -0.4 is 9.47 Å². The molecule has 34 heavy (non-hydrogen) atoms. The van der Waals surface area contributed by atoms with Crippen LogP contribution in [0, 0.1) is 5.82 Å². The van der Waals surface area contributed by atoms with Gasteiger partial charge in [0.2, 0.25) is 0 Å². The number of rotatable bonds is 6. The van der Waals surface area contributed by atoms with Gasteiger partial charge in [0.25, 0.3) is 11.1 Å². The maximum Gasteiger partial charge on any atom is 0.344 e. The van der Waals surface area contributed by atoms with Crippen LogP contribution in [0.3, 0.4) is 0 Å². The first kappa shape index (κ1) is 23.7. The quantitative estimate of drug-likeness (QED) is 0.215. The molecule has 0 atom stereocenters. The Labute approximate surface area is 207 Å². The summed E-state index contributed by atoms with van der Waals surface area (Å²) >= 11 is 4.14. The van der Waals surface area contributed by atoms with E-state index in [9.17, 15) is 18.8 Å². The lowest BCUT2D eigenvalue weighted by Gasteiger charge is -2.12. The minimum absolute atomic E-state index is 0.0511. The number of benzene rings is 3. The van der Waals surface area contributed by atoms with Crippen LogP contribution in [-0.2, 0) is 11.3 Å². The smallest absolute Gasteiger partial charge is 0.344 e. The fourth-order valence-corrected chi connectivity index (χ4v) is 4.48. The number of imide groups is 1. The number of methoxy groups -OCH3 is 1. The van der Waals surface area contributed by atoms with Crippen molar-refractivity contribution in [3.8, 4) is 11.5 Å². The number of nitrogens with zero attached hydrogens (tertiary/aromatic N) is 1. The number of amides is 2. The lowest BCUT2D eigenvalue weighted by atomic mass is 10.1. The molecule has 0 spiro atoms. The Hall–Kier alpha value is -3.43. The maximum atomic E-state index is 13.1. The van der Waals surface area contributed by atoms with Crippen molar-refractivity contribution < 1.29 is 28.2 Å². The van der Waals surface area contributed by atoms with Crippen LogP contribution in [0.25, 0.3) is 6.08 Å². The molecule has 1 fully saturated rings. The second-order valence-corrected chi connectivity index (χ2v) is 9.02. The van der Waals surface area contributed by atoms with Crippen molar-refractivity contribution in [3.05, 3.63) is 98.6 Å². The van der Waals surface area contributed by atoms with Crippen molar-refractivity contribution in [2.75, 3.05) is 7.11 Å². The molecule has 0 bridgehead atoms. The van der Waals surface area contributed by atoms with E-state index in [0.29, 0.717) is 26.9 Å². The summed E-state index contributed by atoms with van der Waals surface area (Å²) in [5, 5.41) is -0.411. The highest BCUT2D eigenvalue weighted by Gasteiger charge is 2.35. The molecule has 0 aliphatic carbocycles. The number of esters is 1. The highest BCUT2D eigenvalue weighted by Crippen LogP contribution is 2.35. The van der Waals surface area contributed by atoms with Gasteiger partial charge in [0.05, 0.1) is 24.1 Å². The Morgan fingerprint density at radius 2 is 1.79 bits per heavy atom. The number of hydrogen-bond donors (Lipinski definition) is 0. The van der Waals surface area contributed by atoms with Crippen LogP contribution in [-0.4, -0.2) is 29.1 Å². The summed E-state index contributed by atoms with van der Waals surface area (Å²) in [5.74, 6) is -0.884. The van der Waals surface area contributed by atoms with E-state index in [-0.39, 0.29) is 17.2 Å². The van der Waals surface area contributed by atoms with Gasteiger partial charge < -0.3 is 9.47 Å². The molecule has 0 radical (unpaired) electrons. The highest BCUT2D eigenvalue weighted by atomic mass is 79.9. The normalized spacial score (nSPS) is 14.6. The third-order valence-electron chi connectivity index (χ3n) is 4.91. The first-order valence-corrected chi connectivity index (χ1v) is 11.6. The molecule has 1 aliphatic heterocycles. The molecule has 0 aromatic heterocycles. The Morgan fingerprint density at radius 1 is 1.06 bits per heavy atom. The van der Waals surface area contributed by atoms with Crippen molar-refractivity contribution in [1.29, 1.82) is 0 Å². The number of hydrogen-bond acceptors (Lipinski definition) is 6. The third-order valence-corrected chi connectivity index (χ3v) is 6.51. The fourth-order valence-electron chi connectivity index (χ4n) is 3.20. The number of thioether (sulfide) groups is 1. The zero-order chi connectivity index (χ0) is 24.2. The molecule has 1 heterocycles. The van der Waals surface area contributed by atoms with E-state index in [2.05, 4.69) is 15.9 Å². The summed E-state index contributed by atoms with van der Waals surface area (Å²) in [5.41, 5.74) is 1.59. The van der Waals surface area contributed by atoms with Crippen LogP contribution in [0.15, 0.2) is 76.1 Å². The van der Waals surface area contributed by atoms with Crippen LogP contribution in [0.5, 0.6) is 11.5 Å². The van der Waals surface area contributed by atoms with E-state index >= 15 is 0 Å². The van der Waals surface area contributed by atoms with Crippen LogP contribution in [0.1, 0.15) is 21.5 Å². The number of carbonyl (C=O) groups is 3. The van der Waals surface area contributed by atoms with E-state index in [4.69, 9.17) is 9.47 Å². The van der Waals surface area contributed by atoms with Crippen LogP contribution in [0.2, 0.25) is 0 Å². The zero-order valence-electron chi connectivity index (χ0n) is 17.8. The molecule has 1 aliphatic rings. The van der Waals surface area contributed by atoms with Gasteiger partial charge in [-0.15, -0.1) is 0 Å². The largest absolute Gasteiger partial charge is 0.493 e. The molecule has 4 rings (SSSR count). The molecule has 0 N–H and O–H groups in total. The topological polar surface area (TPSA) is 72.9 Å². The molecule has 3 aromatic rings. The predicted octanol–water partition coefficient (Wildman–Crippen LogP) is 6.05. The van der Waals surface area contributed by atoms with Gasteiger partial charge in [-0.25, -0.2) is 9.18 Å². The first-order chi connectivity index (χ1) is 16.4. The summed E-state index contributed by atoms with van der Waals surface area (Å²) < 4.78 is 24.6. The van der Waals surface area contributed by atoms with Gasteiger partial charge in [0.1, 0.15) is 5.82 Å². The van der Waals surface area contributed by atoms with Crippen LogP contribution in [0.4, 0.5) is 9.18 Å². The van der Waals surface area contributed by atoms with Gasteiger partial charge in [-0.2, -0.15) is 0 Å². The summed E-state index contributed by atoms with van der Waals surface area (Å²) in [6, 6.07) is 17.3. The molecule has 9 heteroatoms. The minimum atomic E-state index is -0.555. The summed E-state index contributed by atoms with van der Waals surface area (Å²) in [6.07, 6.45) is 1.57. The second-order valence-electron chi connectivity index (χ2n) is 7.17. The zero-order valence-corrected chi connectivity index (χ0v) is 20.2. The van der Waals surface area contributed by atoms with Crippen molar-refractivity contribution in [2.24, 2.45) is 0 Å². The van der Waals surface area contributed by atoms with E-state index < -0.39 is 22.9 Å². The first-order valence-electron chi connectivity index (χ1n) is 10.0. The van der Waals surface area contributed by atoms with E-state index in [1.807, 2.05) is 0 Å². The summed E-state index contributed by atoms with van der Waals surface area (Å²) in [4.78, 5) is 39.0. The van der Waals surface area contributed by atoms with Gasteiger partial charge in [-0.3, -0.25) is 14.5 Å². The van der Waals surface area contributed by atoms with Gasteiger partial charge in [0, 0.05) is 4.47 Å². The van der Waals surface area contributed by atoms with Gasteiger partial charge in [-0.05, 0) is 81.3 Å². The molecule has 6 nitrogen and oxygen atoms in total. The molecule has 3 aromatic carbocycles. The monoisotopic (exact) mass is 541 g/mol. The van der Waals surface area contributed by atoms with Crippen molar-refractivity contribution in [3.63, 3.8) is 0 Å². The Morgan fingerprint density at radius 3 is 2.50 bits per heavy atom. The molecule has 0 unspecified atom stereocenters. The fraction of sp³-hybridized carbons (Fsp3) is 0.0800. The van der Waals surface area contributed by atoms with Crippen molar-refractivity contribution in [1.82, 2.24) is 4.90 Å². The Bertz CT molecular complexity index is 1310. The standard InChI is InChI=1S/C25H17BrFNO5S/c1-32-21-12-16(8-11-20(21)33-24(30)18-4-2-3-5-19(18)26)13-22-23(29)28(25(31)34-22)14-15-6-9-17(27)10-7-15/h2-13H,14H2,1H3/b22-13-. The number of ether oxygens (including phenoxy) is 2. The van der Waals surface area contributed by atoms with Gasteiger partial charge in [0.15, 0.2) is 11.5 Å². The molecule has 2 amide bonds. The highest BCUT2D eigenvalue weighted by molar-refractivity contribution is 9.10. The number of halogens is 2. The SMILES string of the molecule is COc1cc(/C=C2\SC(=O)N(Cc3ccc(F)cc3)C2=O)ccc1OC(=O)c1ccccc1Br. The molecular formula is C25H17BrFNO5S. The van der Waals surface area contributed by atoms with Gasteiger partial charge >= 0.3 is 5.97 Å². The summed E-state index contributed by atoms with van der Waals surface area (Å²) in [7, 11) is 1.44. The average Bonchev–Trinajstić information content (AvgIpc) is 3.08.